The van der Waals surface area contributed by atoms with Gasteiger partial charge in [-0.2, -0.15) is 8.78 Å². The van der Waals surface area contributed by atoms with Gasteiger partial charge in [-0.3, -0.25) is 4.98 Å². The Hall–Kier alpha value is -3.40. The van der Waals surface area contributed by atoms with Gasteiger partial charge < -0.3 is 19.2 Å². The minimum absolute atomic E-state index is 0.321. The van der Waals surface area contributed by atoms with E-state index in [-0.39, 0.29) is 0 Å². The molecule has 0 aliphatic heterocycles. The Balaban J connectivity index is 1.48. The van der Waals surface area contributed by atoms with Crippen molar-refractivity contribution in [3.63, 3.8) is 0 Å². The maximum absolute atomic E-state index is 13.9. The smallest absolute Gasteiger partial charge is 0.387 e. The maximum Gasteiger partial charge on any atom is 0.387 e. The molecule has 0 amide bonds. The van der Waals surface area contributed by atoms with Crippen LogP contribution >= 0.6 is 11.8 Å². The Labute approximate surface area is 192 Å². The highest BCUT2D eigenvalue weighted by molar-refractivity contribution is 7.98. The van der Waals surface area contributed by atoms with Gasteiger partial charge in [-0.05, 0) is 12.5 Å². The number of H-pyrrole nitrogens is 1. The van der Waals surface area contributed by atoms with Crippen LogP contribution in [-0.4, -0.2) is 28.7 Å². The van der Waals surface area contributed by atoms with Crippen molar-refractivity contribution < 1.29 is 27.4 Å². The van der Waals surface area contributed by atoms with Crippen LogP contribution in [0.1, 0.15) is 16.8 Å². The normalized spacial score (nSPS) is 11.2. The van der Waals surface area contributed by atoms with Crippen molar-refractivity contribution in [1.82, 2.24) is 15.0 Å². The molecule has 2 heterocycles. The molecule has 0 spiro atoms. The number of nitrogens with zero attached hydrogens (tertiary/aromatic N) is 2. The molecule has 0 saturated carbocycles. The fourth-order valence-corrected chi connectivity index (χ4v) is 4.13. The second-order valence-electron chi connectivity index (χ2n) is 7.01. The first kappa shape index (κ1) is 22.8. The molecule has 6 nitrogen and oxygen atoms in total. The zero-order chi connectivity index (χ0) is 23.4. The number of benzene rings is 2. The average Bonchev–Trinajstić information content (AvgIpc) is 3.19. The summed E-state index contributed by atoms with van der Waals surface area (Å²) in [6.07, 6.45) is 1.62. The summed E-state index contributed by atoms with van der Waals surface area (Å²) in [5.41, 5.74) is 3.31. The summed E-state index contributed by atoms with van der Waals surface area (Å²) in [7, 11) is 1.57. The van der Waals surface area contributed by atoms with Gasteiger partial charge >= 0.3 is 6.61 Å². The largest absolute Gasteiger partial charge is 0.492 e. The van der Waals surface area contributed by atoms with E-state index in [1.54, 1.807) is 13.3 Å². The Morgan fingerprint density at radius 2 is 1.91 bits per heavy atom. The average molecular weight is 475 g/mol. The van der Waals surface area contributed by atoms with Crippen molar-refractivity contribution in [3.8, 4) is 17.2 Å². The van der Waals surface area contributed by atoms with Crippen molar-refractivity contribution in [2.75, 3.05) is 7.11 Å². The second kappa shape index (κ2) is 10.0. The highest BCUT2D eigenvalue weighted by atomic mass is 32.2. The predicted octanol–water partition coefficient (Wildman–Crippen LogP) is 5.89. The van der Waals surface area contributed by atoms with Crippen LogP contribution in [0.15, 0.2) is 53.8 Å². The number of ether oxygens (including phenoxy) is 3. The van der Waals surface area contributed by atoms with Crippen LogP contribution in [-0.2, 0) is 12.4 Å². The molecule has 0 atom stereocenters. The van der Waals surface area contributed by atoms with Crippen LogP contribution < -0.4 is 14.2 Å². The topological polar surface area (TPSA) is 69.3 Å². The standard InChI is InChI=1S/C23H20F3N3O3S/c1-13-18(27-10-20(21(13)30-2)31-11-14-6-4-3-5-7-14)12-33-23-28-16-8-15(24)19(32-22(25)26)9-17(16)29-23/h3-10,22H,11-12H2,1-2H3,(H,28,29). The number of hydrogen-bond donors (Lipinski definition) is 1. The number of alkyl halides is 2. The number of methoxy groups -OCH3 is 1. The summed E-state index contributed by atoms with van der Waals surface area (Å²) < 4.78 is 54.4. The molecule has 1 N–H and O–H groups in total. The Bertz CT molecular complexity index is 1250. The molecular weight excluding hydrogens is 455 g/mol. The van der Waals surface area contributed by atoms with Gasteiger partial charge in [0.05, 0.1) is 30.0 Å². The maximum atomic E-state index is 13.9. The molecule has 2 aromatic heterocycles. The number of imidazole rings is 1. The number of halogens is 3. The fourth-order valence-electron chi connectivity index (χ4n) is 3.22. The molecule has 0 saturated heterocycles. The Morgan fingerprint density at radius 3 is 2.64 bits per heavy atom. The Kier molecular flexibility index (Phi) is 6.93. The third kappa shape index (κ3) is 5.33. The lowest BCUT2D eigenvalue weighted by Gasteiger charge is -2.15. The van der Waals surface area contributed by atoms with E-state index in [1.165, 1.54) is 11.8 Å². The molecule has 0 radical (unpaired) electrons. The second-order valence-corrected chi connectivity index (χ2v) is 7.97. The molecule has 0 bridgehead atoms. The molecule has 4 aromatic rings. The molecule has 0 unspecified atom stereocenters. The summed E-state index contributed by atoms with van der Waals surface area (Å²) in [6, 6.07) is 12.0. The number of thioether (sulfide) groups is 1. The van der Waals surface area contributed by atoms with Crippen LogP contribution in [0.3, 0.4) is 0 Å². The van der Waals surface area contributed by atoms with E-state index in [1.807, 2.05) is 37.3 Å². The lowest BCUT2D eigenvalue weighted by atomic mass is 10.2. The van der Waals surface area contributed by atoms with Crippen molar-refractivity contribution in [1.29, 1.82) is 0 Å². The fraction of sp³-hybridized carbons (Fsp3) is 0.217. The minimum atomic E-state index is -3.12. The van der Waals surface area contributed by atoms with E-state index in [9.17, 15) is 13.2 Å². The number of pyridine rings is 1. The number of rotatable bonds is 9. The summed E-state index contributed by atoms with van der Waals surface area (Å²) in [5, 5.41) is 0.489. The number of nitrogens with one attached hydrogen (secondary N) is 1. The Morgan fingerprint density at radius 1 is 1.12 bits per heavy atom. The zero-order valence-corrected chi connectivity index (χ0v) is 18.6. The van der Waals surface area contributed by atoms with Gasteiger partial charge in [-0.1, -0.05) is 42.1 Å². The first-order valence-electron chi connectivity index (χ1n) is 9.90. The van der Waals surface area contributed by atoms with Gasteiger partial charge in [0.1, 0.15) is 6.61 Å². The van der Waals surface area contributed by atoms with Crippen molar-refractivity contribution in [2.24, 2.45) is 0 Å². The molecular formula is C23H20F3N3O3S. The molecule has 0 aliphatic rings. The van der Waals surface area contributed by atoms with Crippen molar-refractivity contribution in [3.05, 3.63) is 71.3 Å². The molecule has 0 fully saturated rings. The SMILES string of the molecule is COc1c(OCc2ccccc2)cnc(CSc2nc3cc(OC(F)F)c(F)cc3[nH]2)c1C. The minimum Gasteiger partial charge on any atom is -0.492 e. The van der Waals surface area contributed by atoms with E-state index < -0.39 is 18.2 Å². The lowest BCUT2D eigenvalue weighted by Crippen LogP contribution is -2.03. The third-order valence-corrected chi connectivity index (χ3v) is 5.74. The van der Waals surface area contributed by atoms with Gasteiger partial charge in [0, 0.05) is 23.4 Å². The van der Waals surface area contributed by atoms with Gasteiger partial charge in [0.2, 0.25) is 0 Å². The van der Waals surface area contributed by atoms with E-state index >= 15 is 0 Å². The molecule has 10 heteroatoms. The number of fused-ring (bicyclic) bond motifs is 1. The van der Waals surface area contributed by atoms with Crippen LogP contribution in [0.25, 0.3) is 11.0 Å². The summed E-state index contributed by atoms with van der Waals surface area (Å²) in [4.78, 5) is 11.8. The van der Waals surface area contributed by atoms with Gasteiger partial charge in [0.15, 0.2) is 28.2 Å². The van der Waals surface area contributed by atoms with Gasteiger partial charge in [0.25, 0.3) is 0 Å². The van der Waals surface area contributed by atoms with Gasteiger partial charge in [-0.15, -0.1) is 0 Å². The van der Waals surface area contributed by atoms with Crippen molar-refractivity contribution >= 4 is 22.8 Å². The summed E-state index contributed by atoms with van der Waals surface area (Å²) in [6.45, 7) is -0.841. The quantitative estimate of drug-likeness (QED) is 0.305. The highest BCUT2D eigenvalue weighted by Gasteiger charge is 2.16. The van der Waals surface area contributed by atoms with E-state index in [2.05, 4.69) is 19.7 Å². The summed E-state index contributed by atoms with van der Waals surface area (Å²) >= 11 is 1.34. The van der Waals surface area contributed by atoms with Crippen LogP contribution in [0.4, 0.5) is 13.2 Å². The monoisotopic (exact) mass is 475 g/mol. The van der Waals surface area contributed by atoms with E-state index in [4.69, 9.17) is 9.47 Å². The predicted molar refractivity (Wildman–Crippen MR) is 119 cm³/mol. The molecule has 172 valence electrons. The molecule has 2 aromatic carbocycles. The third-order valence-electron chi connectivity index (χ3n) is 4.85. The summed E-state index contributed by atoms with van der Waals surface area (Å²) in [5.74, 6) is 0.143. The molecule has 0 aliphatic carbocycles. The number of aromatic nitrogens is 3. The molecule has 4 rings (SSSR count). The van der Waals surface area contributed by atoms with Crippen LogP contribution in [0.2, 0.25) is 0 Å². The zero-order valence-electron chi connectivity index (χ0n) is 17.8. The van der Waals surface area contributed by atoms with Crippen molar-refractivity contribution in [2.45, 2.75) is 31.1 Å². The van der Waals surface area contributed by atoms with Crippen LogP contribution in [0.5, 0.6) is 17.2 Å². The van der Waals surface area contributed by atoms with E-state index in [0.29, 0.717) is 40.0 Å². The highest BCUT2D eigenvalue weighted by Crippen LogP contribution is 2.35. The number of hydrogen-bond acceptors (Lipinski definition) is 6. The lowest BCUT2D eigenvalue weighted by molar-refractivity contribution is -0.0520. The van der Waals surface area contributed by atoms with E-state index in [0.717, 1.165) is 29.0 Å². The first-order chi connectivity index (χ1) is 15.9. The van der Waals surface area contributed by atoms with Crippen LogP contribution in [0, 0.1) is 12.7 Å². The molecule has 33 heavy (non-hydrogen) atoms. The van der Waals surface area contributed by atoms with Gasteiger partial charge in [-0.25, -0.2) is 9.37 Å². The first-order valence-corrected chi connectivity index (χ1v) is 10.9. The number of aromatic amines is 1.